The van der Waals surface area contributed by atoms with Crippen molar-refractivity contribution in [3.05, 3.63) is 47.5 Å². The number of hydrogen-bond donors (Lipinski definition) is 0. The largest absolute Gasteiger partial charge is 0.497 e. The number of anilines is 1. The second-order valence-electron chi connectivity index (χ2n) is 7.83. The second kappa shape index (κ2) is 11.0. The molecule has 3 rings (SSSR count). The van der Waals surface area contributed by atoms with Gasteiger partial charge in [-0.15, -0.1) is 11.8 Å². The molecule has 0 unspecified atom stereocenters. The van der Waals surface area contributed by atoms with Crippen LogP contribution in [0.3, 0.4) is 0 Å². The lowest BCUT2D eigenvalue weighted by atomic mass is 10.1. The number of fused-ring (bicyclic) bond motifs is 1. The van der Waals surface area contributed by atoms with Crippen LogP contribution in [0.1, 0.15) is 24.0 Å². The predicted molar refractivity (Wildman–Crippen MR) is 133 cm³/mol. The van der Waals surface area contributed by atoms with Gasteiger partial charge in [0.05, 0.1) is 17.3 Å². The van der Waals surface area contributed by atoms with Gasteiger partial charge in [0.2, 0.25) is 5.91 Å². The van der Waals surface area contributed by atoms with E-state index in [0.717, 1.165) is 44.7 Å². The molecule has 1 heterocycles. The topological polar surface area (TPSA) is 45.7 Å². The minimum atomic E-state index is 0.133. The van der Waals surface area contributed by atoms with Gasteiger partial charge in [0.25, 0.3) is 0 Å². The Morgan fingerprint density at radius 1 is 1.10 bits per heavy atom. The number of ether oxygens (including phenoxy) is 1. The fourth-order valence-corrected chi connectivity index (χ4v) is 5.17. The van der Waals surface area contributed by atoms with Gasteiger partial charge >= 0.3 is 0 Å². The number of carbonyl (C=O) groups excluding carboxylic acids is 1. The van der Waals surface area contributed by atoms with Gasteiger partial charge < -0.3 is 9.64 Å². The molecule has 0 aliphatic rings. The summed E-state index contributed by atoms with van der Waals surface area (Å²) in [6.07, 6.45) is 1.39. The van der Waals surface area contributed by atoms with E-state index in [1.165, 1.54) is 11.1 Å². The van der Waals surface area contributed by atoms with Gasteiger partial charge in [-0.05, 0) is 82.4 Å². The zero-order valence-corrected chi connectivity index (χ0v) is 20.6. The zero-order chi connectivity index (χ0) is 22.4. The van der Waals surface area contributed by atoms with Gasteiger partial charge in [0.1, 0.15) is 5.75 Å². The van der Waals surface area contributed by atoms with E-state index in [9.17, 15) is 4.79 Å². The molecule has 0 fully saturated rings. The van der Waals surface area contributed by atoms with Gasteiger partial charge in [-0.2, -0.15) is 0 Å². The van der Waals surface area contributed by atoms with Crippen molar-refractivity contribution in [1.29, 1.82) is 0 Å². The van der Waals surface area contributed by atoms with E-state index in [2.05, 4.69) is 45.0 Å². The normalized spacial score (nSPS) is 11.3. The Morgan fingerprint density at radius 3 is 2.52 bits per heavy atom. The molecular formula is C24H31N3O2S2. The monoisotopic (exact) mass is 457 g/mol. The van der Waals surface area contributed by atoms with E-state index in [0.29, 0.717) is 13.0 Å². The van der Waals surface area contributed by atoms with Crippen LogP contribution >= 0.6 is 23.1 Å². The summed E-state index contributed by atoms with van der Waals surface area (Å²) in [4.78, 5) is 23.2. The van der Waals surface area contributed by atoms with Gasteiger partial charge in [0, 0.05) is 23.6 Å². The third-order valence-corrected chi connectivity index (χ3v) is 7.29. The molecule has 5 nitrogen and oxygen atoms in total. The van der Waals surface area contributed by atoms with E-state index in [1.807, 2.05) is 29.2 Å². The van der Waals surface area contributed by atoms with Crippen LogP contribution in [0.5, 0.6) is 5.75 Å². The molecule has 0 saturated heterocycles. The van der Waals surface area contributed by atoms with Crippen LogP contribution in [0.4, 0.5) is 5.13 Å². The predicted octanol–water partition coefficient (Wildman–Crippen LogP) is 5.39. The molecule has 0 N–H and O–H groups in total. The molecule has 7 heteroatoms. The number of rotatable bonds is 10. The molecule has 31 heavy (non-hydrogen) atoms. The molecule has 1 aromatic heterocycles. The first kappa shape index (κ1) is 23.6. The maximum absolute atomic E-state index is 13.2. The van der Waals surface area contributed by atoms with Crippen LogP contribution in [-0.2, 0) is 4.79 Å². The molecular weight excluding hydrogens is 426 g/mol. The second-order valence-corrected chi connectivity index (χ2v) is 10.0. The minimum absolute atomic E-state index is 0.133. The average molecular weight is 458 g/mol. The van der Waals surface area contributed by atoms with Crippen LogP contribution < -0.4 is 9.64 Å². The summed E-state index contributed by atoms with van der Waals surface area (Å²) in [5.41, 5.74) is 3.43. The maximum atomic E-state index is 13.2. The van der Waals surface area contributed by atoms with Crippen LogP contribution in [0.25, 0.3) is 10.2 Å². The summed E-state index contributed by atoms with van der Waals surface area (Å²) in [6, 6.07) is 12.2. The van der Waals surface area contributed by atoms with Crippen LogP contribution in [0.2, 0.25) is 0 Å². The fourth-order valence-electron chi connectivity index (χ4n) is 3.26. The highest BCUT2D eigenvalue weighted by molar-refractivity contribution is 7.99. The number of nitrogens with zero attached hydrogens (tertiary/aromatic N) is 3. The Kier molecular flexibility index (Phi) is 8.35. The quantitative estimate of drug-likeness (QED) is 0.382. The van der Waals surface area contributed by atoms with Gasteiger partial charge in [-0.3, -0.25) is 9.69 Å². The van der Waals surface area contributed by atoms with Gasteiger partial charge in [-0.1, -0.05) is 17.4 Å². The zero-order valence-electron chi connectivity index (χ0n) is 19.0. The summed E-state index contributed by atoms with van der Waals surface area (Å²) in [5, 5.41) is 0.807. The standard InChI is InChI=1S/C24H31N3O2S2/c1-17-7-12-21-23(18(17)2)25-24(31-21)27(15-6-14-26(3)4)22(28)13-16-30-20-10-8-19(29-5)9-11-20/h7-12H,6,13-16H2,1-5H3. The number of hydrogen-bond acceptors (Lipinski definition) is 6. The molecule has 3 aromatic rings. The van der Waals surface area contributed by atoms with Crippen LogP contribution in [-0.4, -0.2) is 55.8 Å². The first-order chi connectivity index (χ1) is 14.9. The Labute approximate surface area is 193 Å². The number of carbonyl (C=O) groups is 1. The van der Waals surface area contributed by atoms with Gasteiger partial charge in [0.15, 0.2) is 5.13 Å². The van der Waals surface area contributed by atoms with E-state index < -0.39 is 0 Å². The lowest BCUT2D eigenvalue weighted by molar-refractivity contribution is -0.118. The summed E-state index contributed by atoms with van der Waals surface area (Å²) in [6.45, 7) is 5.82. The number of thiazole rings is 1. The van der Waals surface area contributed by atoms with E-state index in [1.54, 1.807) is 30.2 Å². The average Bonchev–Trinajstić information content (AvgIpc) is 3.18. The van der Waals surface area contributed by atoms with Crippen molar-refractivity contribution in [3.63, 3.8) is 0 Å². The van der Waals surface area contributed by atoms with E-state index >= 15 is 0 Å². The van der Waals surface area contributed by atoms with Crippen LogP contribution in [0.15, 0.2) is 41.3 Å². The van der Waals surface area contributed by atoms with Crippen molar-refractivity contribution in [2.75, 3.05) is 44.9 Å². The van der Waals surface area contributed by atoms with Gasteiger partial charge in [-0.25, -0.2) is 4.98 Å². The number of amides is 1. The van der Waals surface area contributed by atoms with Crippen LogP contribution in [0, 0.1) is 13.8 Å². The highest BCUT2D eigenvalue weighted by atomic mass is 32.2. The number of aryl methyl sites for hydroxylation is 2. The number of aromatic nitrogens is 1. The SMILES string of the molecule is COc1ccc(SCCC(=O)N(CCCN(C)C)c2nc3c(C)c(C)ccc3s2)cc1. The molecule has 0 atom stereocenters. The van der Waals surface area contributed by atoms with Crippen molar-refractivity contribution in [3.8, 4) is 5.75 Å². The molecule has 0 saturated carbocycles. The van der Waals surface area contributed by atoms with Crippen molar-refractivity contribution in [2.24, 2.45) is 0 Å². The van der Waals surface area contributed by atoms with Crippen molar-refractivity contribution in [2.45, 2.75) is 31.6 Å². The van der Waals surface area contributed by atoms with E-state index in [4.69, 9.17) is 9.72 Å². The Morgan fingerprint density at radius 2 is 1.84 bits per heavy atom. The Balaban J connectivity index is 1.71. The molecule has 1 amide bonds. The highest BCUT2D eigenvalue weighted by Crippen LogP contribution is 2.32. The first-order valence-electron chi connectivity index (χ1n) is 10.5. The lowest BCUT2D eigenvalue weighted by Gasteiger charge is -2.21. The molecule has 166 valence electrons. The molecule has 0 radical (unpaired) electrons. The van der Waals surface area contributed by atoms with E-state index in [-0.39, 0.29) is 5.91 Å². The third-order valence-electron chi connectivity index (χ3n) is 5.24. The highest BCUT2D eigenvalue weighted by Gasteiger charge is 2.20. The smallest absolute Gasteiger partial charge is 0.229 e. The summed E-state index contributed by atoms with van der Waals surface area (Å²) < 4.78 is 6.34. The fraction of sp³-hybridized carbons (Fsp3) is 0.417. The Bertz CT molecular complexity index is 1020. The van der Waals surface area contributed by atoms with Crippen molar-refractivity contribution >= 4 is 44.4 Å². The number of thioether (sulfide) groups is 1. The molecule has 0 aliphatic carbocycles. The summed E-state index contributed by atoms with van der Waals surface area (Å²) in [5.74, 6) is 1.71. The maximum Gasteiger partial charge on any atom is 0.229 e. The first-order valence-corrected chi connectivity index (χ1v) is 12.3. The summed E-state index contributed by atoms with van der Waals surface area (Å²) in [7, 11) is 5.78. The number of benzene rings is 2. The molecule has 0 bridgehead atoms. The summed E-state index contributed by atoms with van der Waals surface area (Å²) >= 11 is 3.30. The third kappa shape index (κ3) is 6.21. The molecule has 2 aromatic carbocycles. The van der Waals surface area contributed by atoms with Crippen molar-refractivity contribution < 1.29 is 9.53 Å². The number of methoxy groups -OCH3 is 1. The molecule has 0 aliphatic heterocycles. The Hall–Kier alpha value is -2.09. The van der Waals surface area contributed by atoms with Crippen molar-refractivity contribution in [1.82, 2.24) is 9.88 Å². The molecule has 0 spiro atoms. The minimum Gasteiger partial charge on any atom is -0.497 e. The lowest BCUT2D eigenvalue weighted by Crippen LogP contribution is -2.33.